The van der Waals surface area contributed by atoms with Crippen molar-refractivity contribution in [2.24, 2.45) is 0 Å². The Kier molecular flexibility index (Phi) is 5.68. The highest BCUT2D eigenvalue weighted by molar-refractivity contribution is 5.81. The summed E-state index contributed by atoms with van der Waals surface area (Å²) in [6.07, 6.45) is -0.0651. The van der Waals surface area contributed by atoms with Crippen LogP contribution in [0.5, 0.6) is 0 Å². The molecule has 1 saturated carbocycles. The molecule has 0 heterocycles. The summed E-state index contributed by atoms with van der Waals surface area (Å²) in [5.41, 5.74) is 1.20. The van der Waals surface area contributed by atoms with Gasteiger partial charge in [-0.1, -0.05) is 43.2 Å². The molecule has 2 rings (SSSR count). The molecule has 0 bridgehead atoms. The molecular formula is C17H23F3N2O. The smallest absolute Gasteiger partial charge is 0.346 e. The van der Waals surface area contributed by atoms with Crippen LogP contribution in [0.15, 0.2) is 30.3 Å². The Balaban J connectivity index is 1.93. The summed E-state index contributed by atoms with van der Waals surface area (Å²) in [6, 6.07) is 9.47. The standard InChI is InChI=1S/C17H23F3N2O/c1-13(15(23)22-12-17(18,19)20)21-11-16(9-5-6-10-16)14-7-3-2-4-8-14/h2-4,7-8,13,21H,5-6,9-12H2,1H3,(H,22,23). The first-order chi connectivity index (χ1) is 10.8. The summed E-state index contributed by atoms with van der Waals surface area (Å²) in [7, 11) is 0. The van der Waals surface area contributed by atoms with Crippen LogP contribution in [0.25, 0.3) is 0 Å². The molecular weight excluding hydrogens is 305 g/mol. The van der Waals surface area contributed by atoms with Crippen molar-refractivity contribution in [2.45, 2.75) is 50.2 Å². The number of amides is 1. The van der Waals surface area contributed by atoms with E-state index in [-0.39, 0.29) is 5.41 Å². The maximum absolute atomic E-state index is 12.2. The number of halogens is 3. The van der Waals surface area contributed by atoms with Crippen molar-refractivity contribution in [3.05, 3.63) is 35.9 Å². The van der Waals surface area contributed by atoms with E-state index in [1.54, 1.807) is 6.92 Å². The lowest BCUT2D eigenvalue weighted by Gasteiger charge is -2.31. The fourth-order valence-corrected chi connectivity index (χ4v) is 3.19. The number of hydrogen-bond acceptors (Lipinski definition) is 2. The van der Waals surface area contributed by atoms with Crippen molar-refractivity contribution in [3.63, 3.8) is 0 Å². The molecule has 1 aromatic rings. The first-order valence-corrected chi connectivity index (χ1v) is 7.96. The molecule has 0 spiro atoms. The zero-order valence-corrected chi connectivity index (χ0v) is 13.2. The van der Waals surface area contributed by atoms with Crippen LogP contribution >= 0.6 is 0 Å². The van der Waals surface area contributed by atoms with Gasteiger partial charge in [0.2, 0.25) is 5.91 Å². The number of carbonyl (C=O) groups excluding carboxylic acids is 1. The maximum atomic E-state index is 12.2. The Hall–Kier alpha value is -1.56. The largest absolute Gasteiger partial charge is 0.405 e. The number of rotatable bonds is 6. The molecule has 128 valence electrons. The van der Waals surface area contributed by atoms with Gasteiger partial charge in [-0.2, -0.15) is 13.2 Å². The van der Waals surface area contributed by atoms with Crippen LogP contribution in [0.1, 0.15) is 38.2 Å². The Morgan fingerprint density at radius 3 is 2.39 bits per heavy atom. The van der Waals surface area contributed by atoms with Crippen molar-refractivity contribution in [1.29, 1.82) is 0 Å². The molecule has 0 aliphatic heterocycles. The van der Waals surface area contributed by atoms with Crippen LogP contribution in [-0.2, 0) is 10.2 Å². The van der Waals surface area contributed by atoms with Crippen LogP contribution in [0, 0.1) is 0 Å². The minimum absolute atomic E-state index is 0.0279. The summed E-state index contributed by atoms with van der Waals surface area (Å²) in [4.78, 5) is 11.8. The zero-order valence-electron chi connectivity index (χ0n) is 13.2. The highest BCUT2D eigenvalue weighted by Gasteiger charge is 2.36. The van der Waals surface area contributed by atoms with E-state index in [4.69, 9.17) is 0 Å². The van der Waals surface area contributed by atoms with E-state index >= 15 is 0 Å². The second kappa shape index (κ2) is 7.34. The lowest BCUT2D eigenvalue weighted by Crippen LogP contribution is -2.48. The summed E-state index contributed by atoms with van der Waals surface area (Å²) in [5, 5.41) is 5.04. The van der Waals surface area contributed by atoms with E-state index in [2.05, 4.69) is 17.4 Å². The molecule has 1 fully saturated rings. The van der Waals surface area contributed by atoms with Gasteiger partial charge in [-0.05, 0) is 25.3 Å². The van der Waals surface area contributed by atoms with E-state index in [0.29, 0.717) is 6.54 Å². The van der Waals surface area contributed by atoms with Gasteiger partial charge in [-0.3, -0.25) is 4.79 Å². The minimum Gasteiger partial charge on any atom is -0.346 e. The quantitative estimate of drug-likeness (QED) is 0.842. The topological polar surface area (TPSA) is 41.1 Å². The third-order valence-electron chi connectivity index (χ3n) is 4.55. The number of carbonyl (C=O) groups is 1. The molecule has 1 aliphatic carbocycles. The molecule has 3 nitrogen and oxygen atoms in total. The highest BCUT2D eigenvalue weighted by Crippen LogP contribution is 2.40. The van der Waals surface area contributed by atoms with Crippen molar-refractivity contribution >= 4 is 5.91 Å². The molecule has 1 unspecified atom stereocenters. The molecule has 0 radical (unpaired) electrons. The molecule has 1 aliphatic rings. The highest BCUT2D eigenvalue weighted by atomic mass is 19.4. The van der Waals surface area contributed by atoms with Gasteiger partial charge in [0.15, 0.2) is 0 Å². The van der Waals surface area contributed by atoms with Crippen LogP contribution in [0.4, 0.5) is 13.2 Å². The first-order valence-electron chi connectivity index (χ1n) is 7.96. The Bertz CT molecular complexity index is 510. The zero-order chi connectivity index (χ0) is 16.9. The van der Waals surface area contributed by atoms with Crippen molar-refractivity contribution in [3.8, 4) is 0 Å². The van der Waals surface area contributed by atoms with Gasteiger partial charge < -0.3 is 10.6 Å². The van der Waals surface area contributed by atoms with Gasteiger partial charge in [-0.15, -0.1) is 0 Å². The van der Waals surface area contributed by atoms with Gasteiger partial charge in [0.1, 0.15) is 6.54 Å². The Morgan fingerprint density at radius 2 is 1.83 bits per heavy atom. The number of hydrogen-bond donors (Lipinski definition) is 2. The normalized spacial score (nSPS) is 18.6. The Morgan fingerprint density at radius 1 is 1.22 bits per heavy atom. The summed E-state index contributed by atoms with van der Waals surface area (Å²) in [6.45, 7) is 0.901. The van der Waals surface area contributed by atoms with Crippen LogP contribution < -0.4 is 10.6 Å². The number of alkyl halides is 3. The van der Waals surface area contributed by atoms with E-state index in [9.17, 15) is 18.0 Å². The molecule has 23 heavy (non-hydrogen) atoms. The van der Waals surface area contributed by atoms with Crippen molar-refractivity contribution in [1.82, 2.24) is 10.6 Å². The lowest BCUT2D eigenvalue weighted by atomic mass is 9.78. The summed E-state index contributed by atoms with van der Waals surface area (Å²) < 4.78 is 36.5. The monoisotopic (exact) mass is 328 g/mol. The third kappa shape index (κ3) is 4.96. The van der Waals surface area contributed by atoms with E-state index in [1.165, 1.54) is 5.56 Å². The van der Waals surface area contributed by atoms with Gasteiger partial charge in [0.05, 0.1) is 6.04 Å². The lowest BCUT2D eigenvalue weighted by molar-refractivity contribution is -0.139. The van der Waals surface area contributed by atoms with E-state index in [1.807, 2.05) is 23.5 Å². The van der Waals surface area contributed by atoms with Crippen LogP contribution in [0.3, 0.4) is 0 Å². The molecule has 0 aromatic heterocycles. The fraction of sp³-hybridized carbons (Fsp3) is 0.588. The predicted molar refractivity (Wildman–Crippen MR) is 83.1 cm³/mol. The van der Waals surface area contributed by atoms with E-state index < -0.39 is 24.7 Å². The molecule has 1 atom stereocenters. The average Bonchev–Trinajstić information content (AvgIpc) is 3.00. The summed E-state index contributed by atoms with van der Waals surface area (Å²) >= 11 is 0. The SMILES string of the molecule is CC(NCC1(c2ccccc2)CCCC1)C(=O)NCC(F)(F)F. The van der Waals surface area contributed by atoms with Crippen LogP contribution in [-0.4, -0.2) is 31.2 Å². The van der Waals surface area contributed by atoms with Gasteiger partial charge in [0, 0.05) is 12.0 Å². The second-order valence-electron chi connectivity index (χ2n) is 6.29. The summed E-state index contributed by atoms with van der Waals surface area (Å²) in [5.74, 6) is -0.622. The number of nitrogens with one attached hydrogen (secondary N) is 2. The van der Waals surface area contributed by atoms with Gasteiger partial charge >= 0.3 is 6.18 Å². The van der Waals surface area contributed by atoms with Crippen LogP contribution in [0.2, 0.25) is 0 Å². The van der Waals surface area contributed by atoms with Gasteiger partial charge in [0.25, 0.3) is 0 Å². The molecule has 0 saturated heterocycles. The predicted octanol–water partition coefficient (Wildman–Crippen LogP) is 3.16. The molecule has 2 N–H and O–H groups in total. The molecule has 1 amide bonds. The third-order valence-corrected chi connectivity index (χ3v) is 4.55. The Labute approximate surface area is 134 Å². The van der Waals surface area contributed by atoms with E-state index in [0.717, 1.165) is 25.7 Å². The minimum atomic E-state index is -4.38. The molecule has 6 heteroatoms. The van der Waals surface area contributed by atoms with Crippen molar-refractivity contribution in [2.75, 3.05) is 13.1 Å². The maximum Gasteiger partial charge on any atom is 0.405 e. The number of benzene rings is 1. The fourth-order valence-electron chi connectivity index (χ4n) is 3.19. The van der Waals surface area contributed by atoms with Crippen molar-refractivity contribution < 1.29 is 18.0 Å². The second-order valence-corrected chi connectivity index (χ2v) is 6.29. The first kappa shape index (κ1) is 17.8. The average molecular weight is 328 g/mol. The molecule has 1 aromatic carbocycles. The van der Waals surface area contributed by atoms with Gasteiger partial charge in [-0.25, -0.2) is 0 Å².